The topological polar surface area (TPSA) is 229 Å². The maximum Gasteiger partial charge on any atom is 0.312 e. The minimum Gasteiger partial charge on any atom is -0.507 e. The molecule has 7 rings (SSSR count). The fraction of sp³-hybridized carbons (Fsp3) is 0.490. The minimum atomic E-state index is -2.07. The first-order valence-corrected chi connectivity index (χ1v) is 22.9. The number of anilines is 1. The van der Waals surface area contributed by atoms with E-state index in [1.807, 2.05) is 29.3 Å². The maximum atomic E-state index is 14.6. The molecule has 9 atom stereocenters. The summed E-state index contributed by atoms with van der Waals surface area (Å²) in [6.07, 6.45) is 5.60. The Labute approximate surface area is 397 Å². The van der Waals surface area contributed by atoms with Crippen molar-refractivity contribution in [1.82, 2.24) is 9.91 Å². The van der Waals surface area contributed by atoms with Gasteiger partial charge in [0.15, 0.2) is 5.75 Å². The standard InChI is InChI=1S/C51H66N4O13/c1-27-14-11-15-28(2)50(63)53-41-36(25-52-55-20-13-19-54(21-22-55)26-34-16-12-17-35(24-34)64-9)45(60)38-39(46(41)61)44(59)32(6)48-40(38)49(62)51(8,68-48)66-23-18-37(65-10)29(3)47(67-33(7)56)31(5)43(58)30(4)42(27)57/h11-12,14-18,23-25,27,29-31,37,42-43,47,57-61H,13,19-22,26H2,1-10H3,(H,53,63)/t27-,29-,30+,31+,37-,42-,43+,47-,51-/m0/s1. The summed E-state index contributed by atoms with van der Waals surface area (Å²) in [5.41, 5.74) is 0.689. The summed E-state index contributed by atoms with van der Waals surface area (Å²) >= 11 is 0. The number of allylic oxidation sites excluding steroid dienone is 2. The molecular formula is C51H66N4O13. The number of ether oxygens (including phenoxy) is 5. The van der Waals surface area contributed by atoms with Gasteiger partial charge in [-0.15, -0.1) is 0 Å². The van der Waals surface area contributed by atoms with E-state index in [0.29, 0.717) is 26.2 Å². The van der Waals surface area contributed by atoms with Crippen molar-refractivity contribution in [3.05, 3.63) is 82.7 Å². The molecule has 6 N–H and O–H groups in total. The first-order chi connectivity index (χ1) is 32.2. The quantitative estimate of drug-likeness (QED) is 0.0661. The SMILES string of the molecule is COc1cccc(CN2CCCN(N=Cc3c4c(O)c5c(O)c(C)c6c(c5c3O)C(=O)[C@@](C)(OC=C[C@H](OC)[C@H](C)[C@H](OC(C)=O)[C@H](C)[C@H](O)[C@H](C)[C@@H](O)[C@@H](C)C=CC=C(C)C(=O)N4)O6)CC2)c1. The summed E-state index contributed by atoms with van der Waals surface area (Å²) in [5, 5.41) is 67.9. The molecule has 0 aliphatic carbocycles. The second-order valence-corrected chi connectivity index (χ2v) is 18.3. The van der Waals surface area contributed by atoms with E-state index in [-0.39, 0.29) is 44.5 Å². The molecule has 5 bridgehead atoms. The molecule has 0 aromatic heterocycles. The number of carbonyl (C=O) groups excluding carboxylic acids is 3. The van der Waals surface area contributed by atoms with Gasteiger partial charge in [0, 0.05) is 93.9 Å². The smallest absolute Gasteiger partial charge is 0.312 e. The number of fused-ring (bicyclic) bond motifs is 14. The molecule has 1 saturated heterocycles. The Balaban J connectivity index is 1.45. The largest absolute Gasteiger partial charge is 0.507 e. The highest BCUT2D eigenvalue weighted by molar-refractivity contribution is 6.23. The average Bonchev–Trinajstić information content (AvgIpc) is 3.41. The van der Waals surface area contributed by atoms with Crippen LogP contribution in [-0.2, 0) is 30.3 Å². The number of amides is 1. The fourth-order valence-corrected chi connectivity index (χ4v) is 9.27. The molecule has 1 amide bonds. The summed E-state index contributed by atoms with van der Waals surface area (Å²) in [7, 11) is 3.07. The second kappa shape index (κ2) is 21.4. The number of carbonyl (C=O) groups is 3. The Morgan fingerprint density at radius 2 is 1.68 bits per heavy atom. The predicted octanol–water partition coefficient (Wildman–Crippen LogP) is 6.30. The zero-order chi connectivity index (χ0) is 49.8. The second-order valence-electron chi connectivity index (χ2n) is 18.3. The van der Waals surface area contributed by atoms with Gasteiger partial charge in [0.05, 0.1) is 60.1 Å². The van der Waals surface area contributed by atoms with Gasteiger partial charge in [-0.3, -0.25) is 24.3 Å². The third-order valence-corrected chi connectivity index (χ3v) is 13.5. The molecule has 1 fully saturated rings. The molecule has 0 spiro atoms. The van der Waals surface area contributed by atoms with Gasteiger partial charge >= 0.3 is 11.8 Å². The van der Waals surface area contributed by atoms with Crippen molar-refractivity contribution in [1.29, 1.82) is 0 Å². The maximum absolute atomic E-state index is 14.6. The monoisotopic (exact) mass is 942 g/mol. The van der Waals surface area contributed by atoms with Gasteiger partial charge in [-0.2, -0.15) is 5.10 Å². The molecule has 0 saturated carbocycles. The zero-order valence-corrected chi connectivity index (χ0v) is 40.5. The van der Waals surface area contributed by atoms with E-state index in [4.69, 9.17) is 28.8 Å². The number of rotatable bonds is 7. The number of aromatic hydroxyl groups is 3. The van der Waals surface area contributed by atoms with Crippen LogP contribution in [0.25, 0.3) is 10.8 Å². The number of aliphatic hydroxyl groups excluding tert-OH is 2. The van der Waals surface area contributed by atoms with Crippen molar-refractivity contribution in [2.45, 2.75) is 98.6 Å². The van der Waals surface area contributed by atoms with Crippen molar-refractivity contribution in [3.8, 4) is 28.7 Å². The van der Waals surface area contributed by atoms with E-state index in [1.165, 1.54) is 59.4 Å². The predicted molar refractivity (Wildman–Crippen MR) is 256 cm³/mol. The molecule has 368 valence electrons. The first-order valence-electron chi connectivity index (χ1n) is 22.9. The third-order valence-electron chi connectivity index (χ3n) is 13.5. The molecule has 4 heterocycles. The van der Waals surface area contributed by atoms with Crippen molar-refractivity contribution >= 4 is 40.3 Å². The Hall–Kier alpha value is -6.14. The van der Waals surface area contributed by atoms with Gasteiger partial charge in [0.2, 0.25) is 0 Å². The lowest BCUT2D eigenvalue weighted by atomic mass is 9.78. The lowest BCUT2D eigenvalue weighted by Crippen LogP contribution is -2.46. The van der Waals surface area contributed by atoms with Gasteiger partial charge in [0.1, 0.15) is 29.1 Å². The number of phenolic OH excluding ortho intramolecular Hbond substituents is 3. The fourth-order valence-electron chi connectivity index (χ4n) is 9.27. The Bertz CT molecular complexity index is 2500. The first kappa shape index (κ1) is 51.3. The van der Waals surface area contributed by atoms with Crippen LogP contribution in [0.15, 0.2) is 65.5 Å². The summed E-state index contributed by atoms with van der Waals surface area (Å²) in [5.74, 6) is -7.72. The van der Waals surface area contributed by atoms with Gasteiger partial charge in [-0.05, 0) is 44.0 Å². The molecule has 3 aromatic rings. The van der Waals surface area contributed by atoms with E-state index in [0.717, 1.165) is 24.3 Å². The van der Waals surface area contributed by atoms with Gasteiger partial charge in [0.25, 0.3) is 11.7 Å². The highest BCUT2D eigenvalue weighted by Gasteiger charge is 2.50. The Morgan fingerprint density at radius 3 is 2.37 bits per heavy atom. The summed E-state index contributed by atoms with van der Waals surface area (Å²) in [6.45, 7) is 15.7. The van der Waals surface area contributed by atoms with Crippen LogP contribution in [0.3, 0.4) is 0 Å². The van der Waals surface area contributed by atoms with Crippen molar-refractivity contribution in [2.75, 3.05) is 45.7 Å². The van der Waals surface area contributed by atoms with Gasteiger partial charge in [-0.25, -0.2) is 0 Å². The highest BCUT2D eigenvalue weighted by Crippen LogP contribution is 2.55. The van der Waals surface area contributed by atoms with Crippen LogP contribution < -0.4 is 14.8 Å². The van der Waals surface area contributed by atoms with Crippen LogP contribution in [0, 0.1) is 30.6 Å². The number of phenols is 3. The molecule has 4 aliphatic rings. The highest BCUT2D eigenvalue weighted by atomic mass is 16.7. The minimum absolute atomic E-state index is 0.0473. The Morgan fingerprint density at radius 1 is 0.941 bits per heavy atom. The van der Waals surface area contributed by atoms with E-state index in [9.17, 15) is 39.9 Å². The molecule has 0 radical (unpaired) electrons. The molecule has 0 unspecified atom stereocenters. The number of aliphatic hydroxyl groups is 2. The summed E-state index contributed by atoms with van der Waals surface area (Å²) in [4.78, 5) is 43.3. The number of nitrogens with zero attached hydrogens (tertiary/aromatic N) is 3. The number of methoxy groups -OCH3 is 2. The van der Waals surface area contributed by atoms with Crippen molar-refractivity contribution in [3.63, 3.8) is 0 Å². The van der Waals surface area contributed by atoms with E-state index in [2.05, 4.69) is 10.2 Å². The van der Waals surface area contributed by atoms with Crippen LogP contribution in [0.4, 0.5) is 5.69 Å². The van der Waals surface area contributed by atoms with Crippen LogP contribution in [0.2, 0.25) is 0 Å². The van der Waals surface area contributed by atoms with E-state index in [1.54, 1.807) is 47.0 Å². The lowest BCUT2D eigenvalue weighted by Gasteiger charge is -2.38. The zero-order valence-electron chi connectivity index (χ0n) is 40.5. The molecule has 17 nitrogen and oxygen atoms in total. The summed E-state index contributed by atoms with van der Waals surface area (Å²) in [6, 6.07) is 7.88. The third kappa shape index (κ3) is 10.6. The molecule has 17 heteroatoms. The van der Waals surface area contributed by atoms with Gasteiger partial charge < -0.3 is 54.5 Å². The molecule has 3 aromatic carbocycles. The number of hydrogen-bond acceptors (Lipinski definition) is 16. The number of Topliss-reactive ketones (excluding diaryl/α,β-unsaturated/α-hetero) is 1. The summed E-state index contributed by atoms with van der Waals surface area (Å²) < 4.78 is 29.2. The number of esters is 1. The number of nitrogens with one attached hydrogen (secondary N) is 1. The average molecular weight is 943 g/mol. The van der Waals surface area contributed by atoms with Crippen molar-refractivity contribution < 1.29 is 63.6 Å². The van der Waals surface area contributed by atoms with E-state index < -0.39 is 88.8 Å². The molecule has 68 heavy (non-hydrogen) atoms. The van der Waals surface area contributed by atoms with Crippen LogP contribution >= 0.6 is 0 Å². The van der Waals surface area contributed by atoms with Crippen LogP contribution in [-0.4, -0.2) is 130 Å². The Kier molecular flexibility index (Phi) is 16.2. The van der Waals surface area contributed by atoms with Crippen LogP contribution in [0.5, 0.6) is 28.7 Å². The number of hydrazone groups is 1. The molecule has 4 aliphatic heterocycles. The lowest BCUT2D eigenvalue weighted by molar-refractivity contribution is -0.160. The number of hydrogen-bond donors (Lipinski definition) is 6. The van der Waals surface area contributed by atoms with Gasteiger partial charge in [-0.1, -0.05) is 58.1 Å². The van der Waals surface area contributed by atoms with Crippen molar-refractivity contribution in [2.24, 2.45) is 28.8 Å². The van der Waals surface area contributed by atoms with E-state index >= 15 is 0 Å². The normalized spacial score (nSPS) is 27.8. The van der Waals surface area contributed by atoms with Crippen LogP contribution in [0.1, 0.15) is 81.9 Å². The number of benzene rings is 3. The number of ketones is 1. The molecular weight excluding hydrogens is 877 g/mol.